The first-order valence-electron chi connectivity index (χ1n) is 4.97. The summed E-state index contributed by atoms with van der Waals surface area (Å²) in [4.78, 5) is 16.4. The molecule has 6 nitrogen and oxygen atoms in total. The maximum atomic E-state index is 11.5. The molecule has 7 heteroatoms. The lowest BCUT2D eigenvalue weighted by Gasteiger charge is -2.03. The van der Waals surface area contributed by atoms with Gasteiger partial charge in [0.1, 0.15) is 21.6 Å². The Hall–Kier alpha value is -2.33. The number of ether oxygens (including phenoxy) is 1. The number of hydrogen-bond donors (Lipinski definition) is 2. The Kier molecular flexibility index (Phi) is 2.80. The van der Waals surface area contributed by atoms with Gasteiger partial charge in [0.15, 0.2) is 0 Å². The maximum Gasteiger partial charge on any atom is 0.350 e. The second kappa shape index (κ2) is 4.16. The van der Waals surface area contributed by atoms with Gasteiger partial charge in [-0.2, -0.15) is 5.26 Å². The van der Waals surface area contributed by atoms with E-state index in [0.717, 1.165) is 11.3 Å². The Labute approximate surface area is 107 Å². The van der Waals surface area contributed by atoms with Crippen LogP contribution >= 0.6 is 11.3 Å². The lowest BCUT2D eigenvalue weighted by atomic mass is 10.1. The summed E-state index contributed by atoms with van der Waals surface area (Å²) in [6.07, 6.45) is 0. The molecule has 4 N–H and O–H groups in total. The molecule has 2 aromatic heterocycles. The molecule has 2 heterocycles. The van der Waals surface area contributed by atoms with Crippen LogP contribution in [0.2, 0.25) is 0 Å². The molecular weight excluding hydrogens is 252 g/mol. The van der Waals surface area contributed by atoms with E-state index in [0.29, 0.717) is 15.8 Å². The fraction of sp³-hybridized carbons (Fsp3) is 0.182. The van der Waals surface area contributed by atoms with E-state index in [2.05, 4.69) is 9.72 Å². The van der Waals surface area contributed by atoms with Crippen molar-refractivity contribution in [2.75, 3.05) is 18.6 Å². The predicted molar refractivity (Wildman–Crippen MR) is 69.2 cm³/mol. The quantitative estimate of drug-likeness (QED) is 0.751. The van der Waals surface area contributed by atoms with Gasteiger partial charge in [0.05, 0.1) is 18.4 Å². The first-order valence-corrected chi connectivity index (χ1v) is 5.79. The van der Waals surface area contributed by atoms with Gasteiger partial charge in [-0.1, -0.05) is 0 Å². The topological polar surface area (TPSA) is 115 Å². The number of aromatic nitrogens is 1. The van der Waals surface area contributed by atoms with Crippen molar-refractivity contribution >= 4 is 39.0 Å². The fourth-order valence-corrected chi connectivity index (χ4v) is 2.82. The number of carbonyl (C=O) groups excluding carboxylic acids is 1. The van der Waals surface area contributed by atoms with Crippen LogP contribution in [0.4, 0.5) is 11.5 Å². The second-order valence-corrected chi connectivity index (χ2v) is 4.62. The molecule has 18 heavy (non-hydrogen) atoms. The Morgan fingerprint density at radius 2 is 2.17 bits per heavy atom. The van der Waals surface area contributed by atoms with Crippen molar-refractivity contribution in [3.8, 4) is 6.07 Å². The molecule has 0 spiro atoms. The molecule has 0 aromatic carbocycles. The summed E-state index contributed by atoms with van der Waals surface area (Å²) in [7, 11) is 1.28. The van der Waals surface area contributed by atoms with Crippen LogP contribution < -0.4 is 11.5 Å². The number of hydrogen-bond acceptors (Lipinski definition) is 7. The van der Waals surface area contributed by atoms with Gasteiger partial charge in [-0.15, -0.1) is 11.3 Å². The van der Waals surface area contributed by atoms with Crippen LogP contribution in [0.3, 0.4) is 0 Å². The minimum Gasteiger partial charge on any atom is -0.465 e. The average Bonchev–Trinajstić information content (AvgIpc) is 2.66. The number of methoxy groups -OCH3 is 1. The van der Waals surface area contributed by atoms with Gasteiger partial charge >= 0.3 is 5.97 Å². The summed E-state index contributed by atoms with van der Waals surface area (Å²) < 4.78 is 4.64. The number of carbonyl (C=O) groups is 1. The number of nitrogens with two attached hydrogens (primary N) is 2. The summed E-state index contributed by atoms with van der Waals surface area (Å²) in [6, 6.07) is 1.98. The van der Waals surface area contributed by atoms with Crippen LogP contribution in [0.5, 0.6) is 0 Å². The molecule has 0 saturated carbocycles. The zero-order valence-electron chi connectivity index (χ0n) is 9.77. The Morgan fingerprint density at radius 3 is 2.72 bits per heavy atom. The van der Waals surface area contributed by atoms with Crippen LogP contribution in [0.15, 0.2) is 0 Å². The number of anilines is 2. The third-order valence-electron chi connectivity index (χ3n) is 2.64. The van der Waals surface area contributed by atoms with E-state index < -0.39 is 5.97 Å². The molecule has 0 atom stereocenters. The Morgan fingerprint density at radius 1 is 1.50 bits per heavy atom. The Bertz CT molecular complexity index is 699. The summed E-state index contributed by atoms with van der Waals surface area (Å²) in [6.45, 7) is 1.73. The van der Waals surface area contributed by atoms with Gasteiger partial charge in [-0.3, -0.25) is 0 Å². The standard InChI is InChI=1S/C11H10N4O2S/c1-4-5(3-12)9(14)15-10-6(4)7(13)8(18-10)11(16)17-2/h13H2,1-2H3,(H2,14,15). The Balaban J connectivity index is 2.87. The van der Waals surface area contributed by atoms with E-state index in [9.17, 15) is 4.79 Å². The van der Waals surface area contributed by atoms with Crippen molar-refractivity contribution in [1.29, 1.82) is 5.26 Å². The number of nitriles is 1. The number of esters is 1. The van der Waals surface area contributed by atoms with Gasteiger partial charge in [0.2, 0.25) is 0 Å². The van der Waals surface area contributed by atoms with E-state index in [1.165, 1.54) is 7.11 Å². The summed E-state index contributed by atoms with van der Waals surface area (Å²) >= 11 is 1.10. The molecule has 2 rings (SSSR count). The SMILES string of the molecule is COC(=O)c1sc2nc(N)c(C#N)c(C)c2c1N. The molecule has 0 unspecified atom stereocenters. The predicted octanol–water partition coefficient (Wildman–Crippen LogP) is 1.43. The van der Waals surface area contributed by atoms with Crippen LogP contribution in [-0.2, 0) is 4.74 Å². The number of thiophene rings is 1. The molecule has 2 aromatic rings. The number of fused-ring (bicyclic) bond motifs is 1. The van der Waals surface area contributed by atoms with Crippen molar-refractivity contribution in [3.05, 3.63) is 16.0 Å². The van der Waals surface area contributed by atoms with Gasteiger partial charge < -0.3 is 16.2 Å². The third-order valence-corrected chi connectivity index (χ3v) is 3.72. The average molecular weight is 262 g/mol. The molecule has 92 valence electrons. The molecule has 0 aliphatic carbocycles. The van der Waals surface area contributed by atoms with E-state index in [-0.39, 0.29) is 21.9 Å². The lowest BCUT2D eigenvalue weighted by Crippen LogP contribution is -2.02. The lowest BCUT2D eigenvalue weighted by molar-refractivity contribution is 0.0607. The smallest absolute Gasteiger partial charge is 0.350 e. The zero-order chi connectivity index (χ0) is 13.4. The van der Waals surface area contributed by atoms with Gasteiger partial charge in [0.25, 0.3) is 0 Å². The van der Waals surface area contributed by atoms with Gasteiger partial charge in [0, 0.05) is 5.39 Å². The monoisotopic (exact) mass is 262 g/mol. The van der Waals surface area contributed by atoms with Crippen molar-refractivity contribution in [2.24, 2.45) is 0 Å². The molecule has 0 aliphatic rings. The van der Waals surface area contributed by atoms with Crippen molar-refractivity contribution in [1.82, 2.24) is 4.98 Å². The number of nitrogens with zero attached hydrogens (tertiary/aromatic N) is 2. The number of nitrogen functional groups attached to an aromatic ring is 2. The zero-order valence-corrected chi connectivity index (χ0v) is 10.6. The first-order chi connectivity index (χ1) is 8.51. The van der Waals surface area contributed by atoms with E-state index >= 15 is 0 Å². The van der Waals surface area contributed by atoms with Gasteiger partial charge in [-0.05, 0) is 12.5 Å². The molecule has 0 saturated heterocycles. The highest BCUT2D eigenvalue weighted by Crippen LogP contribution is 2.37. The first kappa shape index (κ1) is 12.1. The molecule has 0 amide bonds. The third kappa shape index (κ3) is 1.55. The van der Waals surface area contributed by atoms with Crippen LogP contribution in [0, 0.1) is 18.3 Å². The second-order valence-electron chi connectivity index (χ2n) is 3.63. The molecular formula is C11H10N4O2S. The summed E-state index contributed by atoms with van der Waals surface area (Å²) in [5, 5.41) is 9.60. The number of rotatable bonds is 1. The maximum absolute atomic E-state index is 11.5. The van der Waals surface area contributed by atoms with E-state index in [1.807, 2.05) is 6.07 Å². The number of pyridine rings is 1. The van der Waals surface area contributed by atoms with Crippen molar-refractivity contribution in [2.45, 2.75) is 6.92 Å². The molecule has 0 fully saturated rings. The summed E-state index contributed by atoms with van der Waals surface area (Å²) in [5.74, 6) is -0.382. The molecule has 0 radical (unpaired) electrons. The van der Waals surface area contributed by atoms with Crippen LogP contribution in [0.1, 0.15) is 20.8 Å². The molecule has 0 bridgehead atoms. The highest BCUT2D eigenvalue weighted by Gasteiger charge is 2.21. The minimum absolute atomic E-state index is 0.139. The molecule has 0 aliphatic heterocycles. The minimum atomic E-state index is -0.521. The van der Waals surface area contributed by atoms with Crippen LogP contribution in [0.25, 0.3) is 10.2 Å². The largest absolute Gasteiger partial charge is 0.465 e. The number of aryl methyl sites for hydroxylation is 1. The van der Waals surface area contributed by atoms with Gasteiger partial charge in [-0.25, -0.2) is 9.78 Å². The highest BCUT2D eigenvalue weighted by molar-refractivity contribution is 7.21. The normalized spacial score (nSPS) is 10.3. The van der Waals surface area contributed by atoms with Crippen LogP contribution in [-0.4, -0.2) is 18.1 Å². The van der Waals surface area contributed by atoms with Crippen molar-refractivity contribution in [3.63, 3.8) is 0 Å². The van der Waals surface area contributed by atoms with E-state index in [4.69, 9.17) is 16.7 Å². The highest BCUT2D eigenvalue weighted by atomic mass is 32.1. The fourth-order valence-electron chi connectivity index (χ4n) is 1.74. The summed E-state index contributed by atoms with van der Waals surface area (Å²) in [5.41, 5.74) is 12.8. The van der Waals surface area contributed by atoms with Crippen molar-refractivity contribution < 1.29 is 9.53 Å². The van der Waals surface area contributed by atoms with E-state index in [1.54, 1.807) is 6.92 Å².